The van der Waals surface area contributed by atoms with Crippen molar-refractivity contribution in [3.8, 4) is 16.9 Å². The van der Waals surface area contributed by atoms with Crippen molar-refractivity contribution in [2.75, 3.05) is 24.6 Å². The summed E-state index contributed by atoms with van der Waals surface area (Å²) >= 11 is 0. The number of aromatic nitrogens is 1. The fourth-order valence-corrected chi connectivity index (χ4v) is 4.97. The summed E-state index contributed by atoms with van der Waals surface area (Å²) in [7, 11) is 0. The van der Waals surface area contributed by atoms with Crippen LogP contribution in [0.1, 0.15) is 43.4 Å². The minimum Gasteiger partial charge on any atom is -0.487 e. The lowest BCUT2D eigenvalue weighted by atomic mass is 9.97. The number of pyridine rings is 1. The number of piperidine rings is 1. The van der Waals surface area contributed by atoms with Gasteiger partial charge in [-0.2, -0.15) is 5.10 Å². The van der Waals surface area contributed by atoms with Crippen LogP contribution in [0.25, 0.3) is 11.1 Å². The number of benzene rings is 2. The third-order valence-corrected chi connectivity index (χ3v) is 7.26. The van der Waals surface area contributed by atoms with E-state index in [0.29, 0.717) is 18.7 Å². The van der Waals surface area contributed by atoms with E-state index < -0.39 is 11.6 Å². The van der Waals surface area contributed by atoms with E-state index in [-0.39, 0.29) is 11.7 Å². The van der Waals surface area contributed by atoms with E-state index in [0.717, 1.165) is 55.7 Å². The molecule has 0 amide bonds. The van der Waals surface area contributed by atoms with Gasteiger partial charge in [-0.25, -0.2) is 19.3 Å². The van der Waals surface area contributed by atoms with Gasteiger partial charge in [0.2, 0.25) is 0 Å². The van der Waals surface area contributed by atoms with Gasteiger partial charge in [0.05, 0.1) is 13.2 Å². The first kappa shape index (κ1) is 25.9. The highest BCUT2D eigenvalue weighted by molar-refractivity contribution is 5.65. The third-order valence-electron chi connectivity index (χ3n) is 7.26. The van der Waals surface area contributed by atoms with Crippen LogP contribution < -0.4 is 20.7 Å². The van der Waals surface area contributed by atoms with Gasteiger partial charge in [0, 0.05) is 19.3 Å². The highest BCUT2D eigenvalue weighted by atomic mass is 19.1. The van der Waals surface area contributed by atoms with Crippen molar-refractivity contribution in [1.29, 1.82) is 0 Å². The molecule has 2 aliphatic heterocycles. The summed E-state index contributed by atoms with van der Waals surface area (Å²) in [5, 5.41) is 5.65. The van der Waals surface area contributed by atoms with Gasteiger partial charge in [-0.1, -0.05) is 44.2 Å². The Kier molecular flexibility index (Phi) is 8.03. The smallest absolute Gasteiger partial charge is 0.190 e. The number of hydrogen-bond acceptors (Lipinski definition) is 7. The number of anilines is 1. The lowest BCUT2D eigenvalue weighted by Crippen LogP contribution is -2.36. The summed E-state index contributed by atoms with van der Waals surface area (Å²) in [6, 6.07) is 12.5. The number of nitrogens with zero attached hydrogens (tertiary/aromatic N) is 4. The highest BCUT2D eigenvalue weighted by Gasteiger charge is 2.24. The van der Waals surface area contributed by atoms with Crippen LogP contribution in [0.2, 0.25) is 0 Å². The first-order valence-electron chi connectivity index (χ1n) is 13.3. The van der Waals surface area contributed by atoms with Gasteiger partial charge < -0.3 is 9.64 Å². The van der Waals surface area contributed by atoms with Gasteiger partial charge in [0.1, 0.15) is 12.2 Å². The molecule has 9 heteroatoms. The standard InChI is InChI=1S/C29H34F2N6O/c1-3-20-13-23(4-2)29(32-16-20)36-11-9-22(10-12-36)18-38-28-26(30)14-25(15-27(28)31)24-7-5-21(6-8-24)17-37-19-33-34-35-37/h5-8,13-16,19,22,34-35H,3-4,9-12,17-18H2,1-2H3. The van der Waals surface area contributed by atoms with Crippen molar-refractivity contribution >= 4 is 12.2 Å². The maximum atomic E-state index is 14.9. The zero-order valence-electron chi connectivity index (χ0n) is 21.9. The van der Waals surface area contributed by atoms with E-state index in [4.69, 9.17) is 9.72 Å². The second kappa shape index (κ2) is 11.8. The molecule has 5 rings (SSSR count). The third kappa shape index (κ3) is 5.88. The fraction of sp³-hybridized carbons (Fsp3) is 0.379. The molecule has 7 nitrogen and oxygen atoms in total. The van der Waals surface area contributed by atoms with E-state index >= 15 is 0 Å². The Hall–Kier alpha value is -3.72. The maximum absolute atomic E-state index is 14.9. The van der Waals surface area contributed by atoms with E-state index in [1.165, 1.54) is 23.3 Å². The first-order chi connectivity index (χ1) is 18.5. The van der Waals surface area contributed by atoms with Crippen molar-refractivity contribution in [2.24, 2.45) is 11.0 Å². The summed E-state index contributed by atoms with van der Waals surface area (Å²) < 4.78 is 35.5. The van der Waals surface area contributed by atoms with Crippen LogP contribution in [0.3, 0.4) is 0 Å². The Labute approximate surface area is 222 Å². The molecule has 0 atom stereocenters. The monoisotopic (exact) mass is 520 g/mol. The van der Waals surface area contributed by atoms with Crippen LogP contribution in [-0.2, 0) is 19.4 Å². The molecule has 1 aromatic heterocycles. The molecule has 0 aliphatic carbocycles. The van der Waals surface area contributed by atoms with E-state index in [2.05, 4.69) is 41.0 Å². The molecule has 0 unspecified atom stereocenters. The predicted octanol–water partition coefficient (Wildman–Crippen LogP) is 5.22. The van der Waals surface area contributed by atoms with Crippen LogP contribution in [0, 0.1) is 17.6 Å². The number of ether oxygens (including phenoxy) is 1. The molecule has 200 valence electrons. The van der Waals surface area contributed by atoms with Crippen LogP contribution in [0.5, 0.6) is 5.75 Å². The summed E-state index contributed by atoms with van der Waals surface area (Å²) in [4.78, 5) is 7.05. The van der Waals surface area contributed by atoms with E-state index in [1.54, 1.807) is 11.3 Å². The zero-order chi connectivity index (χ0) is 26.5. The van der Waals surface area contributed by atoms with Crippen LogP contribution in [-0.4, -0.2) is 36.0 Å². The second-order valence-electron chi connectivity index (χ2n) is 9.84. The molecular formula is C29H34F2N6O. The van der Waals surface area contributed by atoms with Gasteiger partial charge in [0.25, 0.3) is 0 Å². The molecule has 3 heterocycles. The molecule has 0 saturated carbocycles. The lowest BCUT2D eigenvalue weighted by molar-refractivity contribution is 0.207. The molecule has 0 spiro atoms. The molecule has 38 heavy (non-hydrogen) atoms. The predicted molar refractivity (Wildman–Crippen MR) is 146 cm³/mol. The fourth-order valence-electron chi connectivity index (χ4n) is 4.97. The van der Waals surface area contributed by atoms with Gasteiger partial charge in [-0.15, -0.1) is 5.53 Å². The molecular weight excluding hydrogens is 486 g/mol. The van der Waals surface area contributed by atoms with Crippen molar-refractivity contribution in [3.05, 3.63) is 77.0 Å². The normalized spacial score (nSPS) is 15.7. The van der Waals surface area contributed by atoms with Gasteiger partial charge in [-0.3, -0.25) is 5.01 Å². The number of nitrogens with one attached hydrogen (secondary N) is 2. The van der Waals surface area contributed by atoms with Gasteiger partial charge >= 0.3 is 0 Å². The van der Waals surface area contributed by atoms with E-state index in [1.807, 2.05) is 30.5 Å². The number of hydrazone groups is 1. The maximum Gasteiger partial charge on any atom is 0.190 e. The Morgan fingerprint density at radius 2 is 1.68 bits per heavy atom. The number of halogens is 2. The number of aryl methyl sites for hydroxylation is 2. The molecule has 2 N–H and O–H groups in total. The van der Waals surface area contributed by atoms with Crippen LogP contribution in [0.15, 0.2) is 53.8 Å². The van der Waals surface area contributed by atoms with Gasteiger partial charge in [-0.05, 0) is 71.6 Å². The Morgan fingerprint density at radius 1 is 0.947 bits per heavy atom. The minimum absolute atomic E-state index is 0.239. The first-order valence-corrected chi connectivity index (χ1v) is 13.3. The summed E-state index contributed by atoms with van der Waals surface area (Å²) in [6.45, 7) is 6.91. The van der Waals surface area contributed by atoms with Crippen LogP contribution >= 0.6 is 0 Å². The molecule has 0 radical (unpaired) electrons. The van der Waals surface area contributed by atoms with Crippen LogP contribution in [0.4, 0.5) is 14.6 Å². The number of hydrogen-bond donors (Lipinski definition) is 2. The lowest BCUT2D eigenvalue weighted by Gasteiger charge is -2.34. The average Bonchev–Trinajstić information content (AvgIpc) is 3.46. The minimum atomic E-state index is -0.683. The molecule has 3 aromatic rings. The molecule has 1 fully saturated rings. The quantitative estimate of drug-likeness (QED) is 0.404. The van der Waals surface area contributed by atoms with Crippen molar-refractivity contribution < 1.29 is 13.5 Å². The SMILES string of the molecule is CCc1cnc(N2CCC(COc3c(F)cc(-c4ccc(CN5C=NNN5)cc4)cc3F)CC2)c(CC)c1. The topological polar surface area (TPSA) is 65.0 Å². The summed E-state index contributed by atoms with van der Waals surface area (Å²) in [6.07, 6.45) is 7.31. The Morgan fingerprint density at radius 3 is 2.32 bits per heavy atom. The highest BCUT2D eigenvalue weighted by Crippen LogP contribution is 2.31. The van der Waals surface area contributed by atoms with E-state index in [9.17, 15) is 8.78 Å². The average molecular weight is 521 g/mol. The summed E-state index contributed by atoms with van der Waals surface area (Å²) in [5.41, 5.74) is 10.3. The van der Waals surface area contributed by atoms with Crippen molar-refractivity contribution in [3.63, 3.8) is 0 Å². The largest absolute Gasteiger partial charge is 0.487 e. The number of rotatable bonds is 9. The molecule has 0 bridgehead atoms. The van der Waals surface area contributed by atoms with Gasteiger partial charge in [0.15, 0.2) is 17.4 Å². The van der Waals surface area contributed by atoms with Crippen molar-refractivity contribution in [2.45, 2.75) is 46.1 Å². The number of hydrazine groups is 2. The Balaban J connectivity index is 1.17. The Bertz CT molecular complexity index is 1250. The van der Waals surface area contributed by atoms with Crippen molar-refractivity contribution in [1.82, 2.24) is 21.1 Å². The zero-order valence-corrected chi connectivity index (χ0v) is 21.9. The summed E-state index contributed by atoms with van der Waals surface area (Å²) in [5.74, 6) is -0.369. The second-order valence-corrected chi connectivity index (χ2v) is 9.84. The molecule has 1 saturated heterocycles. The molecule has 2 aliphatic rings. The molecule has 2 aromatic carbocycles.